The summed E-state index contributed by atoms with van der Waals surface area (Å²) in [5, 5.41) is 28.6. The van der Waals surface area contributed by atoms with E-state index in [4.69, 9.17) is 9.84 Å². The number of carboxylic acids is 1. The van der Waals surface area contributed by atoms with Crippen molar-refractivity contribution in [3.63, 3.8) is 0 Å². The first-order valence-electron chi connectivity index (χ1n) is 9.82. The van der Waals surface area contributed by atoms with Crippen molar-refractivity contribution in [2.24, 2.45) is 11.8 Å². The van der Waals surface area contributed by atoms with Crippen molar-refractivity contribution in [3.05, 3.63) is 24.0 Å². The van der Waals surface area contributed by atoms with Gasteiger partial charge in [0, 0.05) is 60.7 Å². The van der Waals surface area contributed by atoms with Gasteiger partial charge >= 0.3 is 5.97 Å². The number of aliphatic hydroxyl groups is 2. The minimum Gasteiger partial charge on any atom is -0.491 e. The Balaban J connectivity index is 0.00000420. The molecule has 3 N–H and O–H groups in total. The summed E-state index contributed by atoms with van der Waals surface area (Å²) in [6.07, 6.45) is 0.0488. The van der Waals surface area contributed by atoms with Gasteiger partial charge in [-0.15, -0.1) is 0 Å². The van der Waals surface area contributed by atoms with Crippen LogP contribution in [0.3, 0.4) is 0 Å². The van der Waals surface area contributed by atoms with Crippen molar-refractivity contribution in [2.45, 2.75) is 82.3 Å². The van der Waals surface area contributed by atoms with Gasteiger partial charge in [0.15, 0.2) is 6.17 Å². The van der Waals surface area contributed by atoms with Gasteiger partial charge in [-0.3, -0.25) is 4.79 Å². The molecular formula is C20H29F3NaO5. The number of fused-ring (bicyclic) bond motifs is 1. The van der Waals surface area contributed by atoms with Crippen LogP contribution >= 0.6 is 0 Å². The average Bonchev–Trinajstić information content (AvgIpc) is 3.09. The summed E-state index contributed by atoms with van der Waals surface area (Å²) in [5.74, 6) is -5.54. The summed E-state index contributed by atoms with van der Waals surface area (Å²) >= 11 is 0. The molecule has 29 heavy (non-hydrogen) atoms. The van der Waals surface area contributed by atoms with E-state index in [1.807, 2.05) is 0 Å². The number of hydrogen-bond acceptors (Lipinski definition) is 4. The van der Waals surface area contributed by atoms with Gasteiger partial charge in [-0.25, -0.2) is 13.2 Å². The maximum Gasteiger partial charge on any atom is 0.303 e. The fourth-order valence-electron chi connectivity index (χ4n) is 3.85. The van der Waals surface area contributed by atoms with Crippen molar-refractivity contribution in [3.8, 4) is 0 Å². The Hall–Kier alpha value is -0.540. The van der Waals surface area contributed by atoms with E-state index in [0.717, 1.165) is 6.08 Å². The molecule has 1 radical (unpaired) electrons. The van der Waals surface area contributed by atoms with Gasteiger partial charge in [0.25, 0.3) is 5.92 Å². The normalized spacial score (nSPS) is 31.5. The molecule has 1 saturated carbocycles. The molecule has 9 heteroatoms. The van der Waals surface area contributed by atoms with Crippen molar-refractivity contribution in [1.82, 2.24) is 0 Å². The summed E-state index contributed by atoms with van der Waals surface area (Å²) in [6, 6.07) is 0. The van der Waals surface area contributed by atoms with Crippen LogP contribution in [0.15, 0.2) is 24.0 Å². The molecule has 0 aromatic heterocycles. The van der Waals surface area contributed by atoms with Crippen LogP contribution in [-0.2, 0) is 9.53 Å². The zero-order chi connectivity index (χ0) is 20.9. The number of aliphatic carboxylic acids is 1. The number of alkyl halides is 3. The third-order valence-corrected chi connectivity index (χ3v) is 5.44. The van der Waals surface area contributed by atoms with E-state index in [-0.39, 0.29) is 54.6 Å². The molecular weight excluding hydrogens is 400 g/mol. The third-order valence-electron chi connectivity index (χ3n) is 5.44. The number of ether oxygens (including phenoxy) is 1. The maximum absolute atomic E-state index is 14.8. The molecule has 0 spiro atoms. The number of unbranched alkanes of at least 4 members (excludes halogenated alkanes) is 2. The fourth-order valence-corrected chi connectivity index (χ4v) is 3.85. The Kier molecular flexibility index (Phi) is 10.7. The van der Waals surface area contributed by atoms with E-state index in [1.54, 1.807) is 6.92 Å². The van der Waals surface area contributed by atoms with Gasteiger partial charge in [0.1, 0.15) is 18.0 Å². The van der Waals surface area contributed by atoms with Crippen LogP contribution in [-0.4, -0.2) is 81.3 Å². The van der Waals surface area contributed by atoms with Gasteiger partial charge < -0.3 is 20.1 Å². The number of halogens is 3. The van der Waals surface area contributed by atoms with E-state index in [1.165, 1.54) is 12.2 Å². The number of carbonyl (C=O) groups is 1. The van der Waals surface area contributed by atoms with Gasteiger partial charge in [-0.1, -0.05) is 25.5 Å². The molecule has 1 aliphatic heterocycles. The molecule has 0 aromatic carbocycles. The summed E-state index contributed by atoms with van der Waals surface area (Å²) in [5.41, 5.74) is 0. The Morgan fingerprint density at radius 2 is 2.07 bits per heavy atom. The number of aliphatic hydroxyl groups excluding tert-OH is 2. The Morgan fingerprint density at radius 3 is 2.69 bits per heavy atom. The molecule has 1 aliphatic carbocycles. The molecule has 1 unspecified atom stereocenters. The minimum absolute atomic E-state index is 0. The third kappa shape index (κ3) is 6.99. The van der Waals surface area contributed by atoms with Gasteiger partial charge in [0.05, 0.1) is 6.10 Å². The van der Waals surface area contributed by atoms with Crippen LogP contribution in [0.2, 0.25) is 0 Å². The molecule has 2 fully saturated rings. The van der Waals surface area contributed by atoms with Crippen LogP contribution in [0.4, 0.5) is 13.2 Å². The van der Waals surface area contributed by atoms with Crippen LogP contribution in [0.25, 0.3) is 0 Å². The number of rotatable bonds is 10. The predicted octanol–water partition coefficient (Wildman–Crippen LogP) is 3.22. The summed E-state index contributed by atoms with van der Waals surface area (Å²) < 4.78 is 48.2. The topological polar surface area (TPSA) is 87.0 Å². The molecule has 2 rings (SSSR count). The molecule has 2 aliphatic rings. The zero-order valence-electron chi connectivity index (χ0n) is 16.9. The van der Waals surface area contributed by atoms with Crippen molar-refractivity contribution in [1.29, 1.82) is 0 Å². The SMILES string of the molecule is CCCCC(F)(F)[C@H](O)C=C[C@@H]1[C@H]2C(F)C(=CCCCC(=O)O)O[C@H]2C[C@H]1O.[Na]. The van der Waals surface area contributed by atoms with Crippen LogP contribution in [0, 0.1) is 11.8 Å². The zero-order valence-corrected chi connectivity index (χ0v) is 18.9. The van der Waals surface area contributed by atoms with Crippen molar-refractivity contribution in [2.75, 3.05) is 0 Å². The van der Waals surface area contributed by atoms with E-state index in [0.29, 0.717) is 19.3 Å². The summed E-state index contributed by atoms with van der Waals surface area (Å²) in [4.78, 5) is 10.5. The number of carboxylic acid groups (broad SMARTS) is 1. The second-order valence-corrected chi connectivity index (χ2v) is 7.60. The molecule has 1 saturated heterocycles. The smallest absolute Gasteiger partial charge is 0.303 e. The maximum atomic E-state index is 14.8. The van der Waals surface area contributed by atoms with Gasteiger partial charge in [-0.2, -0.15) is 0 Å². The number of hydrogen-bond donors (Lipinski definition) is 3. The Morgan fingerprint density at radius 1 is 1.38 bits per heavy atom. The number of allylic oxidation sites excluding steroid dienone is 2. The Bertz CT molecular complexity index is 599. The van der Waals surface area contributed by atoms with E-state index in [2.05, 4.69) is 0 Å². The minimum atomic E-state index is -3.27. The van der Waals surface area contributed by atoms with Crippen molar-refractivity contribution < 1.29 is 38.0 Å². The Labute approximate surface area is 191 Å². The predicted molar refractivity (Wildman–Crippen MR) is 102 cm³/mol. The van der Waals surface area contributed by atoms with Gasteiger partial charge in [-0.05, 0) is 25.3 Å². The molecule has 6 atom stereocenters. The second-order valence-electron chi connectivity index (χ2n) is 7.60. The first-order chi connectivity index (χ1) is 13.2. The molecule has 0 aromatic rings. The molecule has 1 heterocycles. The average molecular weight is 429 g/mol. The fraction of sp³-hybridized carbons (Fsp3) is 0.750. The first-order valence-corrected chi connectivity index (χ1v) is 9.82. The quantitative estimate of drug-likeness (QED) is 0.282. The summed E-state index contributed by atoms with van der Waals surface area (Å²) in [6.45, 7) is 1.78. The standard InChI is InChI=1S/C20H29F3O5.Na/c1-2-3-10-20(22,23)16(25)9-8-12-13(24)11-15-18(12)19(21)14(28-15)6-4-5-7-17(26)27;/h6,8-9,12-13,15-16,18-19,24-25H,2-5,7,10-11H2,1H3,(H,26,27);/t12-,13+,15-,16+,18+,19?;/m0./s1. The van der Waals surface area contributed by atoms with Crippen LogP contribution in [0.1, 0.15) is 51.9 Å². The molecule has 0 amide bonds. The molecule has 0 bridgehead atoms. The summed E-state index contributed by atoms with van der Waals surface area (Å²) in [7, 11) is 0. The van der Waals surface area contributed by atoms with E-state index < -0.39 is 54.6 Å². The van der Waals surface area contributed by atoms with Crippen LogP contribution in [0.5, 0.6) is 0 Å². The van der Waals surface area contributed by atoms with Gasteiger partial charge in [0.2, 0.25) is 0 Å². The van der Waals surface area contributed by atoms with Crippen LogP contribution < -0.4 is 0 Å². The monoisotopic (exact) mass is 429 g/mol. The van der Waals surface area contributed by atoms with E-state index in [9.17, 15) is 28.2 Å². The van der Waals surface area contributed by atoms with E-state index >= 15 is 0 Å². The molecule has 5 nitrogen and oxygen atoms in total. The second kappa shape index (κ2) is 11.7. The largest absolute Gasteiger partial charge is 0.491 e. The first kappa shape index (κ1) is 26.5. The molecule has 161 valence electrons. The van der Waals surface area contributed by atoms with Crippen molar-refractivity contribution >= 4 is 35.5 Å².